The van der Waals surface area contributed by atoms with E-state index in [9.17, 15) is 18.0 Å². The van der Waals surface area contributed by atoms with Crippen molar-refractivity contribution in [3.05, 3.63) is 65.4 Å². The number of amides is 1. The molecular formula is C18H14F3N5O2. The van der Waals surface area contributed by atoms with E-state index in [1.807, 2.05) is 0 Å². The summed E-state index contributed by atoms with van der Waals surface area (Å²) in [4.78, 5) is 16.8. The minimum atomic E-state index is -2.09. The Balaban J connectivity index is 1.86. The van der Waals surface area contributed by atoms with Gasteiger partial charge in [-0.1, -0.05) is 0 Å². The first-order chi connectivity index (χ1) is 13.4. The van der Waals surface area contributed by atoms with Crippen LogP contribution in [0.2, 0.25) is 0 Å². The topological polar surface area (TPSA) is 80.5 Å². The predicted octanol–water partition coefficient (Wildman–Crippen LogP) is 3.27. The molecule has 28 heavy (non-hydrogen) atoms. The van der Waals surface area contributed by atoms with Crippen LogP contribution in [0.3, 0.4) is 0 Å². The largest absolute Gasteiger partial charge is 0.454 e. The zero-order valence-corrected chi connectivity index (χ0v) is 14.5. The van der Waals surface area contributed by atoms with Gasteiger partial charge in [-0.05, 0) is 31.2 Å². The van der Waals surface area contributed by atoms with Gasteiger partial charge in [0.2, 0.25) is 0 Å². The quantitative estimate of drug-likeness (QED) is 0.617. The molecule has 2 aromatic heterocycles. The highest BCUT2D eigenvalue weighted by Gasteiger charge is 2.21. The molecule has 0 spiro atoms. The third-order valence-electron chi connectivity index (χ3n) is 4.27. The van der Waals surface area contributed by atoms with Crippen molar-refractivity contribution in [2.45, 2.75) is 13.0 Å². The van der Waals surface area contributed by atoms with Gasteiger partial charge in [-0.2, -0.15) is 13.9 Å². The summed E-state index contributed by atoms with van der Waals surface area (Å²) in [6.45, 7) is 1.15. The molecule has 0 saturated carbocycles. The van der Waals surface area contributed by atoms with Gasteiger partial charge in [0.1, 0.15) is 22.9 Å². The Kier molecular flexibility index (Phi) is 4.38. The SMILES string of the molecule is C[C@H]1Nc2ccn3ncc(c3n2)C(=O)NCC(=C(F)F)Oc2ccc(F)cc21. The van der Waals surface area contributed by atoms with Crippen LogP contribution in [0.15, 0.2) is 48.5 Å². The van der Waals surface area contributed by atoms with E-state index in [1.54, 1.807) is 19.2 Å². The highest BCUT2D eigenvalue weighted by molar-refractivity contribution is 5.99. The van der Waals surface area contributed by atoms with Crippen LogP contribution in [0, 0.1) is 5.82 Å². The number of nitrogens with one attached hydrogen (secondary N) is 2. The number of halogens is 3. The van der Waals surface area contributed by atoms with Crippen LogP contribution in [-0.4, -0.2) is 27.0 Å². The minimum Gasteiger partial charge on any atom is -0.454 e. The molecule has 10 heteroatoms. The average molecular weight is 389 g/mol. The second-order valence-corrected chi connectivity index (χ2v) is 6.16. The molecule has 3 heterocycles. The van der Waals surface area contributed by atoms with Gasteiger partial charge >= 0.3 is 6.08 Å². The van der Waals surface area contributed by atoms with Gasteiger partial charge in [-0.25, -0.2) is 13.9 Å². The van der Waals surface area contributed by atoms with Crippen molar-refractivity contribution in [3.63, 3.8) is 0 Å². The maximum absolute atomic E-state index is 13.8. The smallest absolute Gasteiger partial charge is 0.310 e. The summed E-state index contributed by atoms with van der Waals surface area (Å²) >= 11 is 0. The van der Waals surface area contributed by atoms with Crippen LogP contribution in [0.4, 0.5) is 19.0 Å². The molecule has 1 aromatic carbocycles. The summed E-state index contributed by atoms with van der Waals surface area (Å²) in [5.74, 6) is -1.47. The molecule has 1 aliphatic rings. The Bertz CT molecular complexity index is 1110. The van der Waals surface area contributed by atoms with Crippen molar-refractivity contribution in [3.8, 4) is 5.75 Å². The van der Waals surface area contributed by atoms with Gasteiger partial charge in [0.25, 0.3) is 5.91 Å². The summed E-state index contributed by atoms with van der Waals surface area (Å²) in [6.07, 6.45) is 0.804. The van der Waals surface area contributed by atoms with Gasteiger partial charge in [-0.3, -0.25) is 4.79 Å². The number of rotatable bonds is 0. The lowest BCUT2D eigenvalue weighted by molar-refractivity contribution is 0.0953. The van der Waals surface area contributed by atoms with Gasteiger partial charge in [-0.15, -0.1) is 0 Å². The number of carbonyl (C=O) groups is 1. The highest BCUT2D eigenvalue weighted by Crippen LogP contribution is 2.31. The van der Waals surface area contributed by atoms with Crippen molar-refractivity contribution >= 4 is 17.4 Å². The Hall–Kier alpha value is -3.56. The molecule has 3 aromatic rings. The first-order valence-electron chi connectivity index (χ1n) is 8.33. The lowest BCUT2D eigenvalue weighted by Gasteiger charge is -2.19. The van der Waals surface area contributed by atoms with E-state index in [0.717, 1.165) is 6.07 Å². The van der Waals surface area contributed by atoms with Crippen LogP contribution in [0.1, 0.15) is 28.9 Å². The van der Waals surface area contributed by atoms with Gasteiger partial charge in [0.15, 0.2) is 11.4 Å². The molecule has 7 nitrogen and oxygen atoms in total. The van der Waals surface area contributed by atoms with Crippen molar-refractivity contribution in [2.24, 2.45) is 0 Å². The molecule has 0 aliphatic carbocycles. The molecule has 0 unspecified atom stereocenters. The Morgan fingerprint density at radius 1 is 1.32 bits per heavy atom. The zero-order valence-electron chi connectivity index (χ0n) is 14.5. The molecule has 4 rings (SSSR count). The van der Waals surface area contributed by atoms with Crippen molar-refractivity contribution in [2.75, 3.05) is 11.9 Å². The molecule has 2 bridgehead atoms. The Morgan fingerprint density at radius 2 is 2.14 bits per heavy atom. The van der Waals surface area contributed by atoms with Crippen LogP contribution in [0.25, 0.3) is 5.65 Å². The Labute approximate surface area is 156 Å². The number of anilines is 1. The summed E-state index contributed by atoms with van der Waals surface area (Å²) in [7, 11) is 0. The van der Waals surface area contributed by atoms with E-state index in [1.165, 1.54) is 22.8 Å². The van der Waals surface area contributed by atoms with E-state index in [2.05, 4.69) is 20.7 Å². The second kappa shape index (κ2) is 6.87. The predicted molar refractivity (Wildman–Crippen MR) is 93.6 cm³/mol. The standard InChI is InChI=1S/C18H14F3N5O2/c1-9-11-6-10(19)2-3-13(11)28-14(16(20)21)8-22-18(27)12-7-23-26-5-4-15(24-9)25-17(12)26/h2-7,9H,8H2,1H3,(H,22,27)(H,24,25)/t9-/m1/s1. The van der Waals surface area contributed by atoms with E-state index in [0.29, 0.717) is 11.4 Å². The molecule has 1 aliphatic heterocycles. The second-order valence-electron chi connectivity index (χ2n) is 6.16. The van der Waals surface area contributed by atoms with Crippen LogP contribution in [-0.2, 0) is 0 Å². The van der Waals surface area contributed by atoms with Gasteiger partial charge < -0.3 is 15.4 Å². The number of fused-ring (bicyclic) bond motifs is 2. The normalized spacial score (nSPS) is 16.9. The lowest BCUT2D eigenvalue weighted by atomic mass is 10.1. The van der Waals surface area contributed by atoms with Gasteiger partial charge in [0, 0.05) is 11.8 Å². The molecule has 0 saturated heterocycles. The first kappa shape index (κ1) is 17.8. The summed E-state index contributed by atoms with van der Waals surface area (Å²) in [5, 5.41) is 9.46. The molecule has 0 radical (unpaired) electrons. The number of ether oxygens (including phenoxy) is 1. The monoisotopic (exact) mass is 389 g/mol. The van der Waals surface area contributed by atoms with E-state index in [4.69, 9.17) is 4.74 Å². The third-order valence-corrected chi connectivity index (χ3v) is 4.27. The van der Waals surface area contributed by atoms with E-state index < -0.39 is 36.2 Å². The minimum absolute atomic E-state index is 0.0433. The first-order valence-corrected chi connectivity index (χ1v) is 8.33. The number of carbonyl (C=O) groups excluding carboxylic acids is 1. The van der Waals surface area contributed by atoms with Crippen molar-refractivity contribution in [1.29, 1.82) is 0 Å². The highest BCUT2D eigenvalue weighted by atomic mass is 19.3. The molecule has 1 amide bonds. The lowest BCUT2D eigenvalue weighted by Crippen LogP contribution is -2.27. The van der Waals surface area contributed by atoms with E-state index in [-0.39, 0.29) is 17.0 Å². The number of aromatic nitrogens is 3. The number of nitrogens with zero attached hydrogens (tertiary/aromatic N) is 3. The maximum atomic E-state index is 13.8. The molecular weight excluding hydrogens is 375 g/mol. The number of hydrogen-bond acceptors (Lipinski definition) is 5. The number of benzene rings is 1. The maximum Gasteiger partial charge on any atom is 0.310 e. The fourth-order valence-electron chi connectivity index (χ4n) is 2.89. The summed E-state index contributed by atoms with van der Waals surface area (Å²) in [6, 6.07) is 4.67. The summed E-state index contributed by atoms with van der Waals surface area (Å²) < 4.78 is 47.2. The average Bonchev–Trinajstić information content (AvgIpc) is 3.08. The molecule has 2 N–H and O–H groups in total. The van der Waals surface area contributed by atoms with Crippen LogP contribution in [0.5, 0.6) is 5.75 Å². The van der Waals surface area contributed by atoms with Crippen molar-refractivity contribution < 1.29 is 22.7 Å². The van der Waals surface area contributed by atoms with Gasteiger partial charge in [0.05, 0.1) is 18.8 Å². The fourth-order valence-corrected chi connectivity index (χ4v) is 2.89. The zero-order chi connectivity index (χ0) is 19.8. The van der Waals surface area contributed by atoms with Crippen LogP contribution < -0.4 is 15.4 Å². The molecule has 0 fully saturated rings. The summed E-state index contributed by atoms with van der Waals surface area (Å²) in [5.41, 5.74) is 0.693. The molecule has 144 valence electrons. The fraction of sp³-hybridized carbons (Fsp3) is 0.167. The number of hydrogen-bond donors (Lipinski definition) is 2. The van der Waals surface area contributed by atoms with Crippen molar-refractivity contribution in [1.82, 2.24) is 19.9 Å². The van der Waals surface area contributed by atoms with Crippen LogP contribution >= 0.6 is 0 Å². The Morgan fingerprint density at radius 3 is 2.93 bits per heavy atom. The third kappa shape index (κ3) is 3.24. The van der Waals surface area contributed by atoms with E-state index >= 15 is 0 Å². The molecule has 1 atom stereocenters.